The van der Waals surface area contributed by atoms with Crippen molar-refractivity contribution < 1.29 is 9.47 Å². The van der Waals surface area contributed by atoms with Gasteiger partial charge in [-0.2, -0.15) is 0 Å². The maximum absolute atomic E-state index is 5.77. The van der Waals surface area contributed by atoms with E-state index >= 15 is 0 Å². The number of likely N-dealkylation sites (N-methyl/N-ethyl adjacent to an activating group) is 1. The van der Waals surface area contributed by atoms with Gasteiger partial charge in [0, 0.05) is 0 Å². The van der Waals surface area contributed by atoms with Gasteiger partial charge in [0.05, 0.1) is 25.9 Å². The largest absolute Gasteiger partial charge is 0.376 e. The molecule has 3 heteroatoms. The second-order valence-corrected chi connectivity index (χ2v) is 4.59. The molecule has 1 aromatic carbocycles. The van der Waals surface area contributed by atoms with Crippen molar-refractivity contribution in [3.05, 3.63) is 34.9 Å². The Morgan fingerprint density at radius 1 is 1.24 bits per heavy atom. The Hall–Kier alpha value is -0.900. The van der Waals surface area contributed by atoms with E-state index in [1.165, 1.54) is 16.7 Å². The Morgan fingerprint density at radius 3 is 2.65 bits per heavy atom. The topological polar surface area (TPSA) is 30.5 Å². The molecule has 1 aliphatic rings. The molecule has 1 aromatic rings. The van der Waals surface area contributed by atoms with Crippen LogP contribution in [0.4, 0.5) is 0 Å². The number of rotatable bonds is 3. The number of benzene rings is 1. The third-order valence-electron chi connectivity index (χ3n) is 3.41. The van der Waals surface area contributed by atoms with Gasteiger partial charge in [0.1, 0.15) is 6.10 Å². The summed E-state index contributed by atoms with van der Waals surface area (Å²) in [5.74, 6) is 0. The monoisotopic (exact) mass is 235 g/mol. The van der Waals surface area contributed by atoms with Crippen molar-refractivity contribution in [2.75, 3.05) is 26.9 Å². The summed E-state index contributed by atoms with van der Waals surface area (Å²) in [6.45, 7) is 6.34. The first kappa shape index (κ1) is 12.6. The first-order valence-electron chi connectivity index (χ1n) is 6.16. The van der Waals surface area contributed by atoms with Crippen LogP contribution in [0.5, 0.6) is 0 Å². The molecule has 3 nitrogen and oxygen atoms in total. The summed E-state index contributed by atoms with van der Waals surface area (Å²) in [7, 11) is 1.97. The lowest BCUT2D eigenvalue weighted by atomic mass is 9.97. The first-order chi connectivity index (χ1) is 8.22. The second kappa shape index (κ2) is 5.63. The van der Waals surface area contributed by atoms with E-state index in [1.54, 1.807) is 0 Å². The van der Waals surface area contributed by atoms with Crippen LogP contribution in [-0.4, -0.2) is 33.0 Å². The lowest BCUT2D eigenvalue weighted by Crippen LogP contribution is -2.39. The first-order valence-corrected chi connectivity index (χ1v) is 6.16. The van der Waals surface area contributed by atoms with Crippen LogP contribution in [-0.2, 0) is 9.47 Å². The zero-order chi connectivity index (χ0) is 12.3. The van der Waals surface area contributed by atoms with Crippen LogP contribution < -0.4 is 5.32 Å². The van der Waals surface area contributed by atoms with Gasteiger partial charge < -0.3 is 14.8 Å². The molecule has 0 aromatic heterocycles. The Labute approximate surface area is 103 Å². The minimum absolute atomic E-state index is 0.107. The fourth-order valence-corrected chi connectivity index (χ4v) is 2.22. The molecule has 0 aliphatic carbocycles. The molecule has 94 valence electrons. The molecule has 0 radical (unpaired) electrons. The lowest BCUT2D eigenvalue weighted by Gasteiger charge is -2.30. The van der Waals surface area contributed by atoms with Crippen molar-refractivity contribution in [1.82, 2.24) is 5.32 Å². The van der Waals surface area contributed by atoms with Crippen LogP contribution in [0.3, 0.4) is 0 Å². The second-order valence-electron chi connectivity index (χ2n) is 4.59. The minimum atomic E-state index is 0.107. The van der Waals surface area contributed by atoms with Crippen LogP contribution >= 0.6 is 0 Å². The molecule has 1 saturated heterocycles. The van der Waals surface area contributed by atoms with Crippen LogP contribution in [0.15, 0.2) is 18.2 Å². The van der Waals surface area contributed by atoms with E-state index in [1.807, 2.05) is 7.05 Å². The van der Waals surface area contributed by atoms with E-state index in [2.05, 4.69) is 37.4 Å². The highest BCUT2D eigenvalue weighted by molar-refractivity contribution is 5.32. The molecule has 1 heterocycles. The maximum atomic E-state index is 5.77. The van der Waals surface area contributed by atoms with Gasteiger partial charge >= 0.3 is 0 Å². The fraction of sp³-hybridized carbons (Fsp3) is 0.571. The van der Waals surface area contributed by atoms with Gasteiger partial charge in [-0.15, -0.1) is 0 Å². The number of nitrogens with one attached hydrogen (secondary N) is 1. The van der Waals surface area contributed by atoms with Crippen LogP contribution in [0.25, 0.3) is 0 Å². The molecule has 0 spiro atoms. The van der Waals surface area contributed by atoms with E-state index in [4.69, 9.17) is 9.47 Å². The summed E-state index contributed by atoms with van der Waals surface area (Å²) in [4.78, 5) is 0. The third kappa shape index (κ3) is 2.86. The molecule has 0 amide bonds. The Morgan fingerprint density at radius 2 is 2.06 bits per heavy atom. The van der Waals surface area contributed by atoms with Gasteiger partial charge in [0.25, 0.3) is 0 Å². The summed E-state index contributed by atoms with van der Waals surface area (Å²) in [6, 6.07) is 6.77. The van der Waals surface area contributed by atoms with E-state index in [9.17, 15) is 0 Å². The Balaban J connectivity index is 2.18. The highest BCUT2D eigenvalue weighted by Crippen LogP contribution is 2.23. The predicted molar refractivity (Wildman–Crippen MR) is 68.3 cm³/mol. The van der Waals surface area contributed by atoms with Gasteiger partial charge in [-0.3, -0.25) is 0 Å². The molecule has 2 rings (SSSR count). The van der Waals surface area contributed by atoms with Crippen molar-refractivity contribution in [1.29, 1.82) is 0 Å². The number of hydrogen-bond acceptors (Lipinski definition) is 3. The molecule has 1 N–H and O–H groups in total. The van der Waals surface area contributed by atoms with Crippen molar-refractivity contribution in [3.8, 4) is 0 Å². The maximum Gasteiger partial charge on any atom is 0.100 e. The van der Waals surface area contributed by atoms with E-state index < -0.39 is 0 Å². The SMILES string of the molecule is CNC(c1ccc(C)c(C)c1)C1COCCO1. The summed E-state index contributed by atoms with van der Waals surface area (Å²) < 4.78 is 11.2. The summed E-state index contributed by atoms with van der Waals surface area (Å²) >= 11 is 0. The van der Waals surface area contributed by atoms with Crippen molar-refractivity contribution >= 4 is 0 Å². The van der Waals surface area contributed by atoms with Crippen molar-refractivity contribution in [2.45, 2.75) is 26.0 Å². The number of aryl methyl sites for hydroxylation is 2. The zero-order valence-electron chi connectivity index (χ0n) is 10.8. The summed E-state index contributed by atoms with van der Waals surface area (Å²) in [5, 5.41) is 3.33. The summed E-state index contributed by atoms with van der Waals surface area (Å²) in [5.41, 5.74) is 3.91. The molecule has 1 aliphatic heterocycles. The highest BCUT2D eigenvalue weighted by atomic mass is 16.6. The third-order valence-corrected chi connectivity index (χ3v) is 3.41. The molecule has 17 heavy (non-hydrogen) atoms. The molecule has 2 unspecified atom stereocenters. The number of hydrogen-bond donors (Lipinski definition) is 1. The average Bonchev–Trinajstić information content (AvgIpc) is 2.36. The van der Waals surface area contributed by atoms with Crippen LogP contribution in [0.1, 0.15) is 22.7 Å². The molecule has 1 fully saturated rings. The van der Waals surface area contributed by atoms with Gasteiger partial charge in [-0.05, 0) is 37.6 Å². The fourth-order valence-electron chi connectivity index (χ4n) is 2.22. The molecule has 0 bridgehead atoms. The average molecular weight is 235 g/mol. The van der Waals surface area contributed by atoms with E-state index in [0.717, 1.165) is 0 Å². The molecule has 2 atom stereocenters. The summed E-state index contributed by atoms with van der Waals surface area (Å²) in [6.07, 6.45) is 0.107. The van der Waals surface area contributed by atoms with E-state index in [0.29, 0.717) is 19.8 Å². The smallest absolute Gasteiger partial charge is 0.100 e. The highest BCUT2D eigenvalue weighted by Gasteiger charge is 2.25. The van der Waals surface area contributed by atoms with Gasteiger partial charge in [-0.1, -0.05) is 18.2 Å². The lowest BCUT2D eigenvalue weighted by molar-refractivity contribution is -0.101. The van der Waals surface area contributed by atoms with Crippen LogP contribution in [0, 0.1) is 13.8 Å². The normalized spacial score (nSPS) is 22.4. The number of ether oxygens (including phenoxy) is 2. The Bertz CT molecular complexity index is 372. The van der Waals surface area contributed by atoms with Gasteiger partial charge in [0.2, 0.25) is 0 Å². The van der Waals surface area contributed by atoms with Crippen molar-refractivity contribution in [3.63, 3.8) is 0 Å². The molecular weight excluding hydrogens is 214 g/mol. The zero-order valence-corrected chi connectivity index (χ0v) is 10.8. The standard InChI is InChI=1S/C14H21NO2/c1-10-4-5-12(8-11(10)2)14(15-3)13-9-16-6-7-17-13/h4-5,8,13-15H,6-7,9H2,1-3H3. The van der Waals surface area contributed by atoms with Gasteiger partial charge in [-0.25, -0.2) is 0 Å². The quantitative estimate of drug-likeness (QED) is 0.869. The Kier molecular flexibility index (Phi) is 4.15. The van der Waals surface area contributed by atoms with Gasteiger partial charge in [0.15, 0.2) is 0 Å². The van der Waals surface area contributed by atoms with E-state index in [-0.39, 0.29) is 12.1 Å². The minimum Gasteiger partial charge on any atom is -0.376 e. The molecular formula is C14H21NO2. The van der Waals surface area contributed by atoms with Crippen LogP contribution in [0.2, 0.25) is 0 Å². The predicted octanol–water partition coefficient (Wildman–Crippen LogP) is 1.98. The van der Waals surface area contributed by atoms with Crippen molar-refractivity contribution in [2.24, 2.45) is 0 Å². The molecule has 0 saturated carbocycles.